The summed E-state index contributed by atoms with van der Waals surface area (Å²) in [7, 11) is 0. The van der Waals surface area contributed by atoms with Crippen LogP contribution in [0.1, 0.15) is 38.8 Å². The minimum atomic E-state index is 0.0684. The first-order chi connectivity index (χ1) is 9.88. The van der Waals surface area contributed by atoms with E-state index < -0.39 is 0 Å². The highest BCUT2D eigenvalue weighted by atomic mass is 16.5. The third-order valence-electron chi connectivity index (χ3n) is 2.35. The molecule has 20 heavy (non-hydrogen) atoms. The van der Waals surface area contributed by atoms with Gasteiger partial charge in [-0.2, -0.15) is 0 Å². The lowest BCUT2D eigenvalue weighted by atomic mass is 10.2. The standard InChI is InChI=1S/C14H14O2.2C2H6/c15-10-12-6-8-14(9-7-12)16-11-13-4-2-1-3-5-13;2*1-2/h1-9,15H,10-11H2;2*1-2H3. The van der Waals surface area contributed by atoms with Gasteiger partial charge < -0.3 is 9.84 Å². The summed E-state index contributed by atoms with van der Waals surface area (Å²) in [6, 6.07) is 17.5. The summed E-state index contributed by atoms with van der Waals surface area (Å²) in [5, 5.41) is 8.90. The second-order valence-electron chi connectivity index (χ2n) is 3.58. The Bertz CT molecular complexity index is 421. The van der Waals surface area contributed by atoms with E-state index in [1.807, 2.05) is 82.3 Å². The van der Waals surface area contributed by atoms with E-state index in [0.717, 1.165) is 16.9 Å². The zero-order valence-electron chi connectivity index (χ0n) is 13.0. The highest BCUT2D eigenvalue weighted by Crippen LogP contribution is 2.14. The number of ether oxygens (including phenoxy) is 1. The molecule has 0 atom stereocenters. The second-order valence-corrected chi connectivity index (χ2v) is 3.58. The number of benzene rings is 2. The van der Waals surface area contributed by atoms with E-state index in [4.69, 9.17) is 9.84 Å². The van der Waals surface area contributed by atoms with Gasteiger partial charge in [0.2, 0.25) is 0 Å². The van der Waals surface area contributed by atoms with Crippen LogP contribution < -0.4 is 4.74 Å². The molecule has 2 aromatic rings. The molecule has 0 heterocycles. The Morgan fingerprint density at radius 1 is 0.750 bits per heavy atom. The van der Waals surface area contributed by atoms with Crippen molar-refractivity contribution in [2.45, 2.75) is 40.9 Å². The Balaban J connectivity index is 0.000000829. The lowest BCUT2D eigenvalue weighted by Crippen LogP contribution is -1.95. The molecule has 0 aliphatic rings. The third-order valence-corrected chi connectivity index (χ3v) is 2.35. The minimum absolute atomic E-state index is 0.0684. The predicted molar refractivity (Wildman–Crippen MR) is 85.8 cm³/mol. The molecule has 2 nitrogen and oxygen atoms in total. The van der Waals surface area contributed by atoms with Gasteiger partial charge in [-0.1, -0.05) is 70.2 Å². The second kappa shape index (κ2) is 12.2. The minimum Gasteiger partial charge on any atom is -0.489 e. The Morgan fingerprint density at radius 2 is 1.30 bits per heavy atom. The van der Waals surface area contributed by atoms with Gasteiger partial charge in [0.05, 0.1) is 6.61 Å². The SMILES string of the molecule is CC.CC.OCc1ccc(OCc2ccccc2)cc1. The zero-order valence-corrected chi connectivity index (χ0v) is 13.0. The molecular formula is C18H26O2. The molecule has 0 saturated heterocycles. The van der Waals surface area contributed by atoms with Crippen LogP contribution >= 0.6 is 0 Å². The molecule has 110 valence electrons. The van der Waals surface area contributed by atoms with E-state index >= 15 is 0 Å². The summed E-state index contributed by atoms with van der Waals surface area (Å²) in [5.74, 6) is 0.820. The summed E-state index contributed by atoms with van der Waals surface area (Å²) in [4.78, 5) is 0. The van der Waals surface area contributed by atoms with Gasteiger partial charge in [-0.05, 0) is 23.3 Å². The zero-order chi connectivity index (χ0) is 15.2. The molecule has 2 rings (SSSR count). The lowest BCUT2D eigenvalue weighted by Gasteiger charge is -2.06. The molecule has 0 saturated carbocycles. The topological polar surface area (TPSA) is 29.5 Å². The smallest absolute Gasteiger partial charge is 0.119 e. The van der Waals surface area contributed by atoms with Crippen molar-refractivity contribution >= 4 is 0 Å². The first-order valence-corrected chi connectivity index (χ1v) is 7.25. The molecule has 0 aromatic heterocycles. The number of hydrogen-bond acceptors (Lipinski definition) is 2. The average molecular weight is 274 g/mol. The molecule has 0 aliphatic carbocycles. The summed E-state index contributed by atoms with van der Waals surface area (Å²) >= 11 is 0. The molecule has 0 aliphatic heterocycles. The molecule has 2 aromatic carbocycles. The van der Waals surface area contributed by atoms with Crippen LogP contribution in [0.3, 0.4) is 0 Å². The highest BCUT2D eigenvalue weighted by molar-refractivity contribution is 5.27. The van der Waals surface area contributed by atoms with Crippen molar-refractivity contribution in [2.75, 3.05) is 0 Å². The number of hydrogen-bond donors (Lipinski definition) is 1. The van der Waals surface area contributed by atoms with Crippen molar-refractivity contribution < 1.29 is 9.84 Å². The molecule has 1 N–H and O–H groups in total. The highest BCUT2D eigenvalue weighted by Gasteiger charge is 1.95. The largest absolute Gasteiger partial charge is 0.489 e. The first kappa shape index (κ1) is 18.2. The van der Waals surface area contributed by atoms with Gasteiger partial charge in [-0.3, -0.25) is 0 Å². The van der Waals surface area contributed by atoms with Gasteiger partial charge in [0.25, 0.3) is 0 Å². The van der Waals surface area contributed by atoms with Crippen molar-refractivity contribution in [1.82, 2.24) is 0 Å². The molecular weight excluding hydrogens is 248 g/mol. The van der Waals surface area contributed by atoms with Crippen molar-refractivity contribution in [3.05, 3.63) is 65.7 Å². The van der Waals surface area contributed by atoms with Crippen LogP contribution in [0.2, 0.25) is 0 Å². The van der Waals surface area contributed by atoms with E-state index in [-0.39, 0.29) is 6.61 Å². The van der Waals surface area contributed by atoms with Gasteiger partial charge in [-0.15, -0.1) is 0 Å². The first-order valence-electron chi connectivity index (χ1n) is 7.25. The average Bonchev–Trinajstić information content (AvgIpc) is 2.58. The Kier molecular flexibility index (Phi) is 11.1. The summed E-state index contributed by atoms with van der Waals surface area (Å²) < 4.78 is 5.61. The lowest BCUT2D eigenvalue weighted by molar-refractivity contribution is 0.280. The van der Waals surface area contributed by atoms with E-state index in [0.29, 0.717) is 6.61 Å². The monoisotopic (exact) mass is 274 g/mol. The Hall–Kier alpha value is -1.80. The van der Waals surface area contributed by atoms with Crippen LogP contribution in [0, 0.1) is 0 Å². The van der Waals surface area contributed by atoms with Crippen molar-refractivity contribution in [3.63, 3.8) is 0 Å². The van der Waals surface area contributed by atoms with Gasteiger partial charge in [0.1, 0.15) is 12.4 Å². The van der Waals surface area contributed by atoms with Gasteiger partial charge >= 0.3 is 0 Å². The van der Waals surface area contributed by atoms with E-state index in [1.54, 1.807) is 0 Å². The van der Waals surface area contributed by atoms with Crippen LogP contribution in [0.5, 0.6) is 5.75 Å². The Morgan fingerprint density at radius 3 is 1.80 bits per heavy atom. The molecule has 0 radical (unpaired) electrons. The fourth-order valence-electron chi connectivity index (χ4n) is 1.43. The normalized spacial score (nSPS) is 8.65. The van der Waals surface area contributed by atoms with E-state index in [2.05, 4.69) is 0 Å². The van der Waals surface area contributed by atoms with Gasteiger partial charge in [0, 0.05) is 0 Å². The molecule has 0 spiro atoms. The maximum atomic E-state index is 8.90. The van der Waals surface area contributed by atoms with E-state index in [9.17, 15) is 0 Å². The molecule has 2 heteroatoms. The number of aliphatic hydroxyl groups is 1. The Labute approximate surface area is 123 Å². The molecule has 0 amide bonds. The molecule has 0 unspecified atom stereocenters. The van der Waals surface area contributed by atoms with Crippen molar-refractivity contribution in [3.8, 4) is 5.75 Å². The van der Waals surface area contributed by atoms with Crippen molar-refractivity contribution in [1.29, 1.82) is 0 Å². The quantitative estimate of drug-likeness (QED) is 0.867. The summed E-state index contributed by atoms with van der Waals surface area (Å²) in [6.45, 7) is 8.64. The fourth-order valence-corrected chi connectivity index (χ4v) is 1.43. The van der Waals surface area contributed by atoms with Crippen LogP contribution in [-0.4, -0.2) is 5.11 Å². The van der Waals surface area contributed by atoms with E-state index in [1.165, 1.54) is 0 Å². The van der Waals surface area contributed by atoms with Crippen LogP contribution in [0.25, 0.3) is 0 Å². The third kappa shape index (κ3) is 6.95. The number of aliphatic hydroxyl groups excluding tert-OH is 1. The van der Waals surface area contributed by atoms with Crippen LogP contribution in [-0.2, 0) is 13.2 Å². The van der Waals surface area contributed by atoms with Gasteiger partial charge in [-0.25, -0.2) is 0 Å². The molecule has 0 fully saturated rings. The number of rotatable bonds is 4. The van der Waals surface area contributed by atoms with Crippen molar-refractivity contribution in [2.24, 2.45) is 0 Å². The van der Waals surface area contributed by atoms with Gasteiger partial charge in [0.15, 0.2) is 0 Å². The van der Waals surface area contributed by atoms with Crippen LogP contribution in [0.15, 0.2) is 54.6 Å². The predicted octanol–water partition coefficient (Wildman–Crippen LogP) is 4.81. The fraction of sp³-hybridized carbons (Fsp3) is 0.333. The molecule has 0 bridgehead atoms. The summed E-state index contributed by atoms with van der Waals surface area (Å²) in [5.41, 5.74) is 2.04. The maximum absolute atomic E-state index is 8.90. The van der Waals surface area contributed by atoms with Crippen LogP contribution in [0.4, 0.5) is 0 Å². The maximum Gasteiger partial charge on any atom is 0.119 e. The summed E-state index contributed by atoms with van der Waals surface area (Å²) in [6.07, 6.45) is 0.